The second-order valence-corrected chi connectivity index (χ2v) is 6.12. The van der Waals surface area contributed by atoms with Gasteiger partial charge < -0.3 is 10.6 Å². The zero-order chi connectivity index (χ0) is 17.9. The summed E-state index contributed by atoms with van der Waals surface area (Å²) in [5, 5.41) is 5.92. The fourth-order valence-electron chi connectivity index (χ4n) is 2.74. The topological polar surface area (TPSA) is 58.2 Å². The SMILES string of the molecule is CC(=O)NCCCCCC(=O)NC(c1ccccc1)c1ccccc1. The van der Waals surface area contributed by atoms with E-state index in [1.807, 2.05) is 60.7 Å². The van der Waals surface area contributed by atoms with Gasteiger partial charge in [0.25, 0.3) is 0 Å². The molecule has 132 valence electrons. The summed E-state index contributed by atoms with van der Waals surface area (Å²) in [6.07, 6.45) is 3.14. The number of benzene rings is 2. The molecule has 0 aliphatic carbocycles. The summed E-state index contributed by atoms with van der Waals surface area (Å²) in [4.78, 5) is 23.2. The molecule has 0 bridgehead atoms. The van der Waals surface area contributed by atoms with Gasteiger partial charge in [0.2, 0.25) is 11.8 Å². The number of hydrogen-bond donors (Lipinski definition) is 2. The van der Waals surface area contributed by atoms with Gasteiger partial charge >= 0.3 is 0 Å². The first-order chi connectivity index (χ1) is 12.2. The molecule has 4 heteroatoms. The standard InChI is InChI=1S/C21H26N2O2/c1-17(24)22-16-10-4-9-15-20(25)23-21(18-11-5-2-6-12-18)19-13-7-3-8-14-19/h2-3,5-8,11-14,21H,4,9-10,15-16H2,1H3,(H,22,24)(H,23,25). The molecular formula is C21H26N2O2. The van der Waals surface area contributed by atoms with E-state index in [9.17, 15) is 9.59 Å². The Morgan fingerprint density at radius 3 is 1.92 bits per heavy atom. The average Bonchev–Trinajstić information content (AvgIpc) is 2.64. The van der Waals surface area contributed by atoms with Crippen LogP contribution in [0.25, 0.3) is 0 Å². The van der Waals surface area contributed by atoms with Gasteiger partial charge in [0.05, 0.1) is 6.04 Å². The first-order valence-electron chi connectivity index (χ1n) is 8.80. The molecule has 0 aliphatic rings. The van der Waals surface area contributed by atoms with E-state index >= 15 is 0 Å². The van der Waals surface area contributed by atoms with Crippen molar-refractivity contribution >= 4 is 11.8 Å². The molecule has 2 rings (SSSR count). The lowest BCUT2D eigenvalue weighted by Crippen LogP contribution is -2.29. The van der Waals surface area contributed by atoms with E-state index in [0.29, 0.717) is 13.0 Å². The van der Waals surface area contributed by atoms with Crippen molar-refractivity contribution in [3.05, 3.63) is 71.8 Å². The fourth-order valence-corrected chi connectivity index (χ4v) is 2.74. The Bertz CT molecular complexity index is 617. The van der Waals surface area contributed by atoms with E-state index in [2.05, 4.69) is 10.6 Å². The summed E-state index contributed by atoms with van der Waals surface area (Å²) in [7, 11) is 0. The number of amides is 2. The van der Waals surface area contributed by atoms with Gasteiger partial charge in [-0.2, -0.15) is 0 Å². The summed E-state index contributed by atoms with van der Waals surface area (Å²) in [5.74, 6) is 0.0449. The van der Waals surface area contributed by atoms with Gasteiger partial charge in [-0.05, 0) is 24.0 Å². The summed E-state index contributed by atoms with van der Waals surface area (Å²) < 4.78 is 0. The number of unbranched alkanes of at least 4 members (excludes halogenated alkanes) is 2. The van der Waals surface area contributed by atoms with E-state index in [0.717, 1.165) is 30.4 Å². The smallest absolute Gasteiger partial charge is 0.220 e. The molecule has 0 radical (unpaired) electrons. The van der Waals surface area contributed by atoms with Crippen LogP contribution in [-0.4, -0.2) is 18.4 Å². The lowest BCUT2D eigenvalue weighted by atomic mass is 9.98. The van der Waals surface area contributed by atoms with Crippen LogP contribution in [0.15, 0.2) is 60.7 Å². The Morgan fingerprint density at radius 1 is 0.840 bits per heavy atom. The van der Waals surface area contributed by atoms with Crippen molar-refractivity contribution in [2.75, 3.05) is 6.54 Å². The molecule has 2 N–H and O–H groups in total. The maximum Gasteiger partial charge on any atom is 0.220 e. The van der Waals surface area contributed by atoms with E-state index in [1.54, 1.807) is 0 Å². The summed E-state index contributed by atoms with van der Waals surface area (Å²) in [6, 6.07) is 19.9. The minimum Gasteiger partial charge on any atom is -0.356 e. The van der Waals surface area contributed by atoms with Crippen LogP contribution in [0.3, 0.4) is 0 Å². The molecule has 0 aliphatic heterocycles. The quantitative estimate of drug-likeness (QED) is 0.687. The Hall–Kier alpha value is -2.62. The lowest BCUT2D eigenvalue weighted by molar-refractivity contribution is -0.122. The van der Waals surface area contributed by atoms with Crippen molar-refractivity contribution in [1.82, 2.24) is 10.6 Å². The number of nitrogens with one attached hydrogen (secondary N) is 2. The maximum absolute atomic E-state index is 12.4. The third kappa shape index (κ3) is 6.79. The van der Waals surface area contributed by atoms with Crippen molar-refractivity contribution in [2.45, 2.75) is 38.6 Å². The van der Waals surface area contributed by atoms with Crippen molar-refractivity contribution < 1.29 is 9.59 Å². The third-order valence-corrected chi connectivity index (χ3v) is 4.03. The van der Waals surface area contributed by atoms with Crippen LogP contribution in [0.2, 0.25) is 0 Å². The predicted molar refractivity (Wildman–Crippen MR) is 100 cm³/mol. The fraction of sp³-hybridized carbons (Fsp3) is 0.333. The number of carbonyl (C=O) groups excluding carboxylic acids is 2. The Balaban J connectivity index is 1.87. The highest BCUT2D eigenvalue weighted by Crippen LogP contribution is 2.22. The molecule has 0 aromatic heterocycles. The van der Waals surface area contributed by atoms with Crippen molar-refractivity contribution in [3.63, 3.8) is 0 Å². The van der Waals surface area contributed by atoms with Gasteiger partial charge in [0.1, 0.15) is 0 Å². The van der Waals surface area contributed by atoms with Gasteiger partial charge in [0, 0.05) is 19.9 Å². The van der Waals surface area contributed by atoms with E-state index < -0.39 is 0 Å². The van der Waals surface area contributed by atoms with Crippen LogP contribution in [0.4, 0.5) is 0 Å². The van der Waals surface area contributed by atoms with Crippen LogP contribution in [0.1, 0.15) is 49.8 Å². The van der Waals surface area contributed by atoms with Gasteiger partial charge in [-0.3, -0.25) is 9.59 Å². The molecule has 0 spiro atoms. The van der Waals surface area contributed by atoms with Gasteiger partial charge in [-0.25, -0.2) is 0 Å². The molecule has 0 saturated carbocycles. The minimum absolute atomic E-state index is 0.00805. The largest absolute Gasteiger partial charge is 0.356 e. The summed E-state index contributed by atoms with van der Waals surface area (Å²) in [6.45, 7) is 2.19. The Labute approximate surface area is 149 Å². The maximum atomic E-state index is 12.4. The molecule has 4 nitrogen and oxygen atoms in total. The van der Waals surface area contributed by atoms with E-state index in [1.165, 1.54) is 6.92 Å². The summed E-state index contributed by atoms with van der Waals surface area (Å²) in [5.41, 5.74) is 2.15. The van der Waals surface area contributed by atoms with Crippen LogP contribution >= 0.6 is 0 Å². The molecule has 0 fully saturated rings. The predicted octanol–water partition coefficient (Wildman–Crippen LogP) is 3.59. The van der Waals surface area contributed by atoms with Gasteiger partial charge in [-0.15, -0.1) is 0 Å². The second-order valence-electron chi connectivity index (χ2n) is 6.12. The number of hydrogen-bond acceptors (Lipinski definition) is 2. The molecule has 2 amide bonds. The first-order valence-corrected chi connectivity index (χ1v) is 8.80. The van der Waals surface area contributed by atoms with E-state index in [4.69, 9.17) is 0 Å². The highest BCUT2D eigenvalue weighted by Gasteiger charge is 2.16. The molecule has 0 heterocycles. The monoisotopic (exact) mass is 338 g/mol. The molecule has 0 saturated heterocycles. The highest BCUT2D eigenvalue weighted by molar-refractivity contribution is 5.77. The normalized spacial score (nSPS) is 10.5. The molecule has 0 unspecified atom stereocenters. The minimum atomic E-state index is -0.130. The molecule has 2 aromatic rings. The van der Waals surface area contributed by atoms with Gasteiger partial charge in [0.15, 0.2) is 0 Å². The lowest BCUT2D eigenvalue weighted by Gasteiger charge is -2.20. The molecular weight excluding hydrogens is 312 g/mol. The third-order valence-electron chi connectivity index (χ3n) is 4.03. The number of rotatable bonds is 9. The second kappa shape index (κ2) is 10.3. The molecule has 25 heavy (non-hydrogen) atoms. The van der Waals surface area contributed by atoms with E-state index in [-0.39, 0.29) is 17.9 Å². The Morgan fingerprint density at radius 2 is 1.40 bits per heavy atom. The van der Waals surface area contributed by atoms with Crippen molar-refractivity contribution in [3.8, 4) is 0 Å². The van der Waals surface area contributed by atoms with Crippen LogP contribution in [-0.2, 0) is 9.59 Å². The van der Waals surface area contributed by atoms with Crippen LogP contribution in [0.5, 0.6) is 0 Å². The van der Waals surface area contributed by atoms with Crippen molar-refractivity contribution in [1.29, 1.82) is 0 Å². The molecule has 0 atom stereocenters. The highest BCUT2D eigenvalue weighted by atomic mass is 16.2. The van der Waals surface area contributed by atoms with Crippen LogP contribution in [0, 0.1) is 0 Å². The zero-order valence-electron chi connectivity index (χ0n) is 14.7. The summed E-state index contributed by atoms with van der Waals surface area (Å²) >= 11 is 0. The van der Waals surface area contributed by atoms with Crippen molar-refractivity contribution in [2.24, 2.45) is 0 Å². The number of carbonyl (C=O) groups is 2. The molecule has 2 aromatic carbocycles. The first kappa shape index (κ1) is 18.7. The zero-order valence-corrected chi connectivity index (χ0v) is 14.7. The Kier molecular flexibility index (Phi) is 7.70. The average molecular weight is 338 g/mol. The van der Waals surface area contributed by atoms with Crippen LogP contribution < -0.4 is 10.6 Å². The van der Waals surface area contributed by atoms with Gasteiger partial charge in [-0.1, -0.05) is 67.1 Å².